The monoisotopic (exact) mass is 528 g/mol. The highest BCUT2D eigenvalue weighted by Gasteiger charge is 2.51. The first-order valence-electron chi connectivity index (χ1n) is 12.7. The summed E-state index contributed by atoms with van der Waals surface area (Å²) in [7, 11) is 0. The summed E-state index contributed by atoms with van der Waals surface area (Å²) in [5, 5.41) is 7.48. The Kier molecular flexibility index (Phi) is 6.09. The first kappa shape index (κ1) is 24.7. The van der Waals surface area contributed by atoms with Gasteiger partial charge in [0.1, 0.15) is 5.54 Å². The number of benzene rings is 2. The van der Waals surface area contributed by atoms with E-state index in [9.17, 15) is 18.4 Å². The van der Waals surface area contributed by atoms with Crippen LogP contribution in [0.3, 0.4) is 0 Å². The van der Waals surface area contributed by atoms with Crippen molar-refractivity contribution in [1.29, 1.82) is 0 Å². The Labute approximate surface area is 223 Å². The molecule has 4 aromatic rings. The van der Waals surface area contributed by atoms with Crippen LogP contribution >= 0.6 is 0 Å². The predicted octanol–water partition coefficient (Wildman–Crippen LogP) is 4.09. The molecule has 0 aliphatic carbocycles. The fourth-order valence-corrected chi connectivity index (χ4v) is 5.42. The van der Waals surface area contributed by atoms with E-state index >= 15 is 0 Å². The van der Waals surface area contributed by atoms with E-state index in [1.54, 1.807) is 35.5 Å². The second-order valence-corrected chi connectivity index (χ2v) is 9.91. The van der Waals surface area contributed by atoms with E-state index in [1.807, 2.05) is 31.2 Å². The molecule has 0 unspecified atom stereocenters. The van der Waals surface area contributed by atoms with Crippen LogP contribution in [0.15, 0.2) is 73.1 Å². The largest absolute Gasteiger partial charge is 0.339 e. The highest BCUT2D eigenvalue weighted by molar-refractivity contribution is 5.96. The third-order valence-electron chi connectivity index (χ3n) is 7.61. The number of halogens is 2. The summed E-state index contributed by atoms with van der Waals surface area (Å²) < 4.78 is 29.1. The maximum absolute atomic E-state index is 14.1. The van der Waals surface area contributed by atoms with Gasteiger partial charge in [-0.2, -0.15) is 5.10 Å². The zero-order valence-corrected chi connectivity index (χ0v) is 21.3. The van der Waals surface area contributed by atoms with Gasteiger partial charge in [0, 0.05) is 42.8 Å². The maximum atomic E-state index is 14.1. The first-order chi connectivity index (χ1) is 18.9. The summed E-state index contributed by atoms with van der Waals surface area (Å²) in [5.74, 6) is -2.30. The fraction of sp³-hybridized carbons (Fsp3) is 0.241. The Morgan fingerprint density at radius 3 is 2.31 bits per heavy atom. The molecule has 4 heterocycles. The SMILES string of the molecule is Cc1ccc(N2CNC(=O)C23CCN(C(=O)c2cc(-c4ccncc4)n(-c4ccc(F)c(F)c4)n2)CC3)cc1. The number of pyridine rings is 1. The predicted molar refractivity (Wildman–Crippen MR) is 141 cm³/mol. The van der Waals surface area contributed by atoms with Crippen LogP contribution in [0.1, 0.15) is 28.9 Å². The summed E-state index contributed by atoms with van der Waals surface area (Å²) in [6.07, 6.45) is 4.16. The molecule has 2 amide bonds. The van der Waals surface area contributed by atoms with Crippen molar-refractivity contribution in [3.05, 3.63) is 95.9 Å². The average molecular weight is 529 g/mol. The van der Waals surface area contributed by atoms with E-state index in [1.165, 1.54) is 10.7 Å². The number of rotatable bonds is 4. The van der Waals surface area contributed by atoms with Crippen LogP contribution in [0.4, 0.5) is 14.5 Å². The number of anilines is 1. The van der Waals surface area contributed by atoms with Crippen molar-refractivity contribution in [2.75, 3.05) is 24.7 Å². The molecule has 2 aromatic carbocycles. The minimum absolute atomic E-state index is 0.0299. The van der Waals surface area contributed by atoms with Gasteiger partial charge < -0.3 is 15.1 Å². The molecule has 2 saturated heterocycles. The number of likely N-dealkylation sites (tertiary alicyclic amines) is 1. The topological polar surface area (TPSA) is 83.4 Å². The van der Waals surface area contributed by atoms with E-state index in [2.05, 4.69) is 20.3 Å². The molecule has 2 aliphatic heterocycles. The van der Waals surface area contributed by atoms with Gasteiger partial charge in [0.15, 0.2) is 17.3 Å². The minimum atomic E-state index is -1.01. The number of amides is 2. The van der Waals surface area contributed by atoms with Crippen molar-refractivity contribution < 1.29 is 18.4 Å². The molecular formula is C29H26F2N6O2. The molecule has 1 spiro atoms. The van der Waals surface area contributed by atoms with Crippen molar-refractivity contribution >= 4 is 17.5 Å². The van der Waals surface area contributed by atoms with E-state index < -0.39 is 17.2 Å². The first-order valence-corrected chi connectivity index (χ1v) is 12.7. The zero-order chi connectivity index (χ0) is 27.1. The number of nitrogens with one attached hydrogen (secondary N) is 1. The van der Waals surface area contributed by atoms with Gasteiger partial charge >= 0.3 is 0 Å². The number of carbonyl (C=O) groups is 2. The fourth-order valence-electron chi connectivity index (χ4n) is 5.42. The lowest BCUT2D eigenvalue weighted by atomic mass is 9.85. The summed E-state index contributed by atoms with van der Waals surface area (Å²) in [6, 6.07) is 16.7. The lowest BCUT2D eigenvalue weighted by molar-refractivity contribution is -0.124. The van der Waals surface area contributed by atoms with Crippen LogP contribution in [-0.2, 0) is 4.79 Å². The number of hydrogen-bond donors (Lipinski definition) is 1. The summed E-state index contributed by atoms with van der Waals surface area (Å²) >= 11 is 0. The number of hydrogen-bond acceptors (Lipinski definition) is 5. The Morgan fingerprint density at radius 2 is 1.62 bits per heavy atom. The molecule has 0 bridgehead atoms. The van der Waals surface area contributed by atoms with Gasteiger partial charge in [-0.15, -0.1) is 0 Å². The Balaban J connectivity index is 1.28. The zero-order valence-electron chi connectivity index (χ0n) is 21.3. The summed E-state index contributed by atoms with van der Waals surface area (Å²) in [5.41, 5.74) is 3.10. The molecular weight excluding hydrogens is 502 g/mol. The lowest BCUT2D eigenvalue weighted by Crippen LogP contribution is -2.57. The normalized spacial score (nSPS) is 16.5. The third-order valence-corrected chi connectivity index (χ3v) is 7.61. The van der Waals surface area contributed by atoms with Crippen molar-refractivity contribution in [2.45, 2.75) is 25.3 Å². The van der Waals surface area contributed by atoms with Crippen LogP contribution in [0.5, 0.6) is 0 Å². The summed E-state index contributed by atoms with van der Waals surface area (Å²) in [6.45, 7) is 3.18. The van der Waals surface area contributed by atoms with Crippen molar-refractivity contribution in [2.24, 2.45) is 0 Å². The molecule has 0 atom stereocenters. The Bertz CT molecular complexity index is 1550. The molecule has 1 N–H and O–H groups in total. The Hall–Kier alpha value is -4.60. The van der Waals surface area contributed by atoms with Crippen LogP contribution in [0, 0.1) is 18.6 Å². The molecule has 2 aromatic heterocycles. The van der Waals surface area contributed by atoms with Crippen LogP contribution in [0.25, 0.3) is 16.9 Å². The molecule has 2 fully saturated rings. The van der Waals surface area contributed by atoms with E-state index in [-0.39, 0.29) is 23.2 Å². The summed E-state index contributed by atoms with van der Waals surface area (Å²) in [4.78, 5) is 34.5. The standard InChI is InChI=1S/C29H26F2N6O2/c1-19-2-4-21(5-3-19)36-18-33-28(39)29(36)10-14-35(15-11-29)27(38)25-17-26(20-8-12-32-13-9-20)37(34-25)22-6-7-23(30)24(31)16-22/h2-9,12-13,16-17H,10-11,14-15,18H2,1H3,(H,33,39). The Morgan fingerprint density at radius 1 is 0.923 bits per heavy atom. The van der Waals surface area contributed by atoms with Crippen LogP contribution in [0.2, 0.25) is 0 Å². The van der Waals surface area contributed by atoms with Gasteiger partial charge in [-0.3, -0.25) is 14.6 Å². The van der Waals surface area contributed by atoms with Crippen molar-refractivity contribution in [1.82, 2.24) is 25.0 Å². The van der Waals surface area contributed by atoms with E-state index in [4.69, 9.17) is 0 Å². The van der Waals surface area contributed by atoms with Crippen LogP contribution < -0.4 is 10.2 Å². The van der Waals surface area contributed by atoms with Gasteiger partial charge in [-0.05, 0) is 62.2 Å². The van der Waals surface area contributed by atoms with Crippen LogP contribution in [-0.4, -0.2) is 56.8 Å². The molecule has 2 aliphatic rings. The molecule has 6 rings (SSSR count). The highest BCUT2D eigenvalue weighted by Crippen LogP contribution is 2.37. The highest BCUT2D eigenvalue weighted by atomic mass is 19.2. The molecule has 198 valence electrons. The second kappa shape index (κ2) is 9.61. The van der Waals surface area contributed by atoms with E-state index in [0.717, 1.165) is 28.9 Å². The number of nitrogens with zero attached hydrogens (tertiary/aromatic N) is 5. The van der Waals surface area contributed by atoms with Gasteiger partial charge in [-0.25, -0.2) is 13.5 Å². The van der Waals surface area contributed by atoms with Crippen molar-refractivity contribution in [3.8, 4) is 16.9 Å². The van der Waals surface area contributed by atoms with Gasteiger partial charge in [0.2, 0.25) is 5.91 Å². The van der Waals surface area contributed by atoms with Gasteiger partial charge in [0.05, 0.1) is 18.1 Å². The quantitative estimate of drug-likeness (QED) is 0.432. The smallest absolute Gasteiger partial charge is 0.274 e. The number of carbonyl (C=O) groups excluding carboxylic acids is 2. The number of aryl methyl sites for hydroxylation is 1. The molecule has 10 heteroatoms. The molecule has 0 saturated carbocycles. The molecule has 0 radical (unpaired) electrons. The second-order valence-electron chi connectivity index (χ2n) is 9.91. The van der Waals surface area contributed by atoms with Gasteiger partial charge in [-0.1, -0.05) is 17.7 Å². The molecule has 39 heavy (non-hydrogen) atoms. The van der Waals surface area contributed by atoms with E-state index in [0.29, 0.717) is 38.3 Å². The minimum Gasteiger partial charge on any atom is -0.339 e. The lowest BCUT2D eigenvalue weighted by Gasteiger charge is -2.43. The third kappa shape index (κ3) is 4.31. The van der Waals surface area contributed by atoms with Gasteiger partial charge in [0.25, 0.3) is 5.91 Å². The number of piperidine rings is 1. The average Bonchev–Trinajstić information content (AvgIpc) is 3.54. The maximum Gasteiger partial charge on any atom is 0.274 e. The number of aromatic nitrogens is 3. The molecule has 8 nitrogen and oxygen atoms in total. The van der Waals surface area contributed by atoms with Crippen molar-refractivity contribution in [3.63, 3.8) is 0 Å².